The molecule has 1 unspecified atom stereocenters. The zero-order valence-electron chi connectivity index (χ0n) is 11.6. The van der Waals surface area contributed by atoms with Gasteiger partial charge in [0.2, 0.25) is 0 Å². The van der Waals surface area contributed by atoms with Crippen molar-refractivity contribution in [3.63, 3.8) is 0 Å². The third-order valence-electron chi connectivity index (χ3n) is 4.19. The summed E-state index contributed by atoms with van der Waals surface area (Å²) in [6, 6.07) is 0.813. The van der Waals surface area contributed by atoms with Crippen LogP contribution >= 0.6 is 0 Å². The van der Waals surface area contributed by atoms with Gasteiger partial charge in [-0.1, -0.05) is 20.8 Å². The molecule has 0 heterocycles. The molecule has 2 heteroatoms. The molecule has 0 radical (unpaired) electrons. The molecule has 1 aliphatic rings. The quantitative estimate of drug-likeness (QED) is 0.781. The minimum absolute atomic E-state index is 0.584. The summed E-state index contributed by atoms with van der Waals surface area (Å²) in [4.78, 5) is 2.57. The molecule has 2 nitrogen and oxygen atoms in total. The third kappa shape index (κ3) is 4.42. The van der Waals surface area contributed by atoms with Crippen LogP contribution in [0.1, 0.15) is 52.9 Å². The zero-order valence-corrected chi connectivity index (χ0v) is 11.6. The first-order chi connectivity index (χ1) is 7.44. The molecule has 0 saturated heterocycles. The van der Waals surface area contributed by atoms with Crippen molar-refractivity contribution in [2.45, 2.75) is 58.9 Å². The highest BCUT2D eigenvalue weighted by Crippen LogP contribution is 2.36. The molecule has 1 saturated carbocycles. The Morgan fingerprint density at radius 1 is 1.31 bits per heavy atom. The van der Waals surface area contributed by atoms with Crippen LogP contribution in [0.15, 0.2) is 0 Å². The van der Waals surface area contributed by atoms with Gasteiger partial charge in [0.25, 0.3) is 0 Å². The molecule has 0 amide bonds. The number of hydrogen-bond donors (Lipinski definition) is 1. The predicted octanol–water partition coefficient (Wildman–Crippen LogP) is 2.87. The Bertz CT molecular complexity index is 191. The van der Waals surface area contributed by atoms with E-state index in [1.165, 1.54) is 32.2 Å². The van der Waals surface area contributed by atoms with Crippen molar-refractivity contribution in [2.75, 3.05) is 20.1 Å². The van der Waals surface area contributed by atoms with E-state index in [4.69, 9.17) is 5.73 Å². The van der Waals surface area contributed by atoms with E-state index in [0.717, 1.165) is 24.9 Å². The highest BCUT2D eigenvalue weighted by Gasteiger charge is 2.28. The lowest BCUT2D eigenvalue weighted by atomic mass is 9.75. The Labute approximate surface area is 102 Å². The van der Waals surface area contributed by atoms with Crippen molar-refractivity contribution < 1.29 is 0 Å². The first-order valence-corrected chi connectivity index (χ1v) is 6.85. The fraction of sp³-hybridized carbons (Fsp3) is 1.00. The van der Waals surface area contributed by atoms with Gasteiger partial charge in [-0.05, 0) is 57.0 Å². The molecular formula is C14H30N2. The molecule has 0 bridgehead atoms. The maximum atomic E-state index is 5.60. The van der Waals surface area contributed by atoms with Crippen molar-refractivity contribution >= 4 is 0 Å². The van der Waals surface area contributed by atoms with Crippen LogP contribution in [-0.2, 0) is 0 Å². The van der Waals surface area contributed by atoms with Crippen LogP contribution < -0.4 is 5.73 Å². The van der Waals surface area contributed by atoms with E-state index in [1.54, 1.807) is 0 Å². The molecular weight excluding hydrogens is 196 g/mol. The van der Waals surface area contributed by atoms with Crippen LogP contribution in [0, 0.1) is 11.3 Å². The molecule has 2 N–H and O–H groups in total. The zero-order chi connectivity index (χ0) is 12.2. The van der Waals surface area contributed by atoms with E-state index in [2.05, 4.69) is 32.7 Å². The molecule has 16 heavy (non-hydrogen) atoms. The maximum Gasteiger partial charge on any atom is 0.00927 e. The van der Waals surface area contributed by atoms with Gasteiger partial charge in [0, 0.05) is 12.6 Å². The number of nitrogens with zero attached hydrogens (tertiary/aromatic N) is 1. The Balaban J connectivity index is 2.30. The van der Waals surface area contributed by atoms with Gasteiger partial charge in [0.1, 0.15) is 0 Å². The van der Waals surface area contributed by atoms with Crippen molar-refractivity contribution in [1.82, 2.24) is 4.90 Å². The van der Waals surface area contributed by atoms with Crippen molar-refractivity contribution in [3.05, 3.63) is 0 Å². The number of rotatable bonds is 5. The lowest BCUT2D eigenvalue weighted by molar-refractivity contribution is 0.116. The van der Waals surface area contributed by atoms with E-state index in [9.17, 15) is 0 Å². The Kier molecular flexibility index (Phi) is 5.26. The summed E-state index contributed by atoms with van der Waals surface area (Å²) in [6.45, 7) is 9.16. The summed E-state index contributed by atoms with van der Waals surface area (Å²) >= 11 is 0. The molecule has 0 aromatic carbocycles. The highest BCUT2D eigenvalue weighted by atomic mass is 15.1. The predicted molar refractivity (Wildman–Crippen MR) is 71.5 cm³/mol. The SMILES string of the molecule is CC(CCN)CN(C)C1CCC(C)(C)CC1. The molecule has 1 aliphatic carbocycles. The van der Waals surface area contributed by atoms with E-state index < -0.39 is 0 Å². The van der Waals surface area contributed by atoms with Crippen LogP contribution in [0.5, 0.6) is 0 Å². The number of nitrogens with two attached hydrogens (primary N) is 1. The van der Waals surface area contributed by atoms with Crippen molar-refractivity contribution in [3.8, 4) is 0 Å². The summed E-state index contributed by atoms with van der Waals surface area (Å²) in [7, 11) is 2.29. The largest absolute Gasteiger partial charge is 0.330 e. The van der Waals surface area contributed by atoms with E-state index >= 15 is 0 Å². The number of hydrogen-bond acceptors (Lipinski definition) is 2. The van der Waals surface area contributed by atoms with Gasteiger partial charge in [-0.2, -0.15) is 0 Å². The van der Waals surface area contributed by atoms with Gasteiger partial charge < -0.3 is 10.6 Å². The fourth-order valence-electron chi connectivity index (χ4n) is 2.84. The normalized spacial score (nSPS) is 23.6. The molecule has 1 atom stereocenters. The maximum absolute atomic E-state index is 5.60. The lowest BCUT2D eigenvalue weighted by Crippen LogP contribution is -2.39. The molecule has 0 aromatic heterocycles. The smallest absolute Gasteiger partial charge is 0.00927 e. The summed E-state index contributed by atoms with van der Waals surface area (Å²) in [5.41, 5.74) is 6.18. The minimum atomic E-state index is 0.584. The molecule has 0 spiro atoms. The fourth-order valence-corrected chi connectivity index (χ4v) is 2.84. The van der Waals surface area contributed by atoms with Gasteiger partial charge in [-0.25, -0.2) is 0 Å². The van der Waals surface area contributed by atoms with Gasteiger partial charge in [-0.15, -0.1) is 0 Å². The van der Waals surface area contributed by atoms with Gasteiger partial charge in [-0.3, -0.25) is 0 Å². The van der Waals surface area contributed by atoms with Crippen LogP contribution in [0.25, 0.3) is 0 Å². The van der Waals surface area contributed by atoms with Crippen LogP contribution in [-0.4, -0.2) is 31.1 Å². The summed E-state index contributed by atoms with van der Waals surface area (Å²) < 4.78 is 0. The summed E-state index contributed by atoms with van der Waals surface area (Å²) in [6.07, 6.45) is 6.67. The standard InChI is InChI=1S/C14H30N2/c1-12(7-10-15)11-16(4)13-5-8-14(2,3)9-6-13/h12-13H,5-11,15H2,1-4H3. The molecule has 0 aromatic rings. The lowest BCUT2D eigenvalue weighted by Gasteiger charge is -2.39. The third-order valence-corrected chi connectivity index (χ3v) is 4.19. The molecule has 1 fully saturated rings. The van der Waals surface area contributed by atoms with Gasteiger partial charge >= 0.3 is 0 Å². The molecule has 0 aliphatic heterocycles. The Morgan fingerprint density at radius 2 is 1.88 bits per heavy atom. The van der Waals surface area contributed by atoms with Crippen LogP contribution in [0.3, 0.4) is 0 Å². The van der Waals surface area contributed by atoms with E-state index in [1.807, 2.05) is 0 Å². The topological polar surface area (TPSA) is 29.3 Å². The van der Waals surface area contributed by atoms with Crippen LogP contribution in [0.4, 0.5) is 0 Å². The van der Waals surface area contributed by atoms with E-state index in [-0.39, 0.29) is 0 Å². The summed E-state index contributed by atoms with van der Waals surface area (Å²) in [5.74, 6) is 0.741. The average Bonchev–Trinajstić information content (AvgIpc) is 2.17. The molecule has 1 rings (SSSR count). The minimum Gasteiger partial charge on any atom is -0.330 e. The average molecular weight is 226 g/mol. The van der Waals surface area contributed by atoms with Crippen LogP contribution in [0.2, 0.25) is 0 Å². The first-order valence-electron chi connectivity index (χ1n) is 6.85. The second-order valence-corrected chi connectivity index (χ2v) is 6.52. The molecule has 96 valence electrons. The van der Waals surface area contributed by atoms with Crippen molar-refractivity contribution in [2.24, 2.45) is 17.1 Å². The van der Waals surface area contributed by atoms with Crippen molar-refractivity contribution in [1.29, 1.82) is 0 Å². The first kappa shape index (κ1) is 14.0. The summed E-state index contributed by atoms with van der Waals surface area (Å²) in [5, 5.41) is 0. The van der Waals surface area contributed by atoms with Gasteiger partial charge in [0.15, 0.2) is 0 Å². The highest BCUT2D eigenvalue weighted by molar-refractivity contribution is 4.83. The monoisotopic (exact) mass is 226 g/mol. The Morgan fingerprint density at radius 3 is 2.38 bits per heavy atom. The second-order valence-electron chi connectivity index (χ2n) is 6.52. The second kappa shape index (κ2) is 6.02. The Hall–Kier alpha value is -0.0800. The van der Waals surface area contributed by atoms with E-state index in [0.29, 0.717) is 5.41 Å². The van der Waals surface area contributed by atoms with Gasteiger partial charge in [0.05, 0.1) is 0 Å².